The number of aromatic nitrogens is 1. The molecule has 0 N–H and O–H groups in total. The third-order valence-corrected chi connectivity index (χ3v) is 7.50. The van der Waals surface area contributed by atoms with E-state index in [0.717, 1.165) is 57.0 Å². The van der Waals surface area contributed by atoms with Gasteiger partial charge in [-0.15, -0.1) is 0 Å². The number of carbonyl (C=O) groups is 2. The zero-order chi connectivity index (χ0) is 25.1. The number of nitrogens with zero attached hydrogens (tertiary/aromatic N) is 2. The first-order valence-electron chi connectivity index (χ1n) is 11.7. The molecule has 1 aromatic heterocycles. The fourth-order valence-electron chi connectivity index (χ4n) is 4.18. The van der Waals surface area contributed by atoms with Gasteiger partial charge in [0.05, 0.1) is 18.1 Å². The molecule has 1 saturated heterocycles. The second kappa shape index (κ2) is 10.8. The summed E-state index contributed by atoms with van der Waals surface area (Å²) in [5, 5.41) is 0.808. The van der Waals surface area contributed by atoms with Crippen molar-refractivity contribution >= 4 is 55.8 Å². The lowest BCUT2D eigenvalue weighted by Crippen LogP contribution is -2.27. The molecule has 1 aliphatic rings. The summed E-state index contributed by atoms with van der Waals surface area (Å²) < 4.78 is 9.03. The van der Waals surface area contributed by atoms with E-state index in [9.17, 15) is 9.59 Å². The maximum Gasteiger partial charge on any atom is 0.293 e. The van der Waals surface area contributed by atoms with Gasteiger partial charge in [0.25, 0.3) is 11.1 Å². The number of para-hydroxylation sites is 1. The fourth-order valence-corrected chi connectivity index (χ4v) is 5.28. The fraction of sp³-hybridized carbons (Fsp3) is 0.172. The Morgan fingerprint density at radius 2 is 1.72 bits per heavy atom. The van der Waals surface area contributed by atoms with Gasteiger partial charge in [0.2, 0.25) is 0 Å². The molecule has 0 aliphatic carbocycles. The van der Waals surface area contributed by atoms with Crippen LogP contribution in [0.2, 0.25) is 0 Å². The molecule has 1 fully saturated rings. The van der Waals surface area contributed by atoms with Gasteiger partial charge < -0.3 is 9.30 Å². The van der Waals surface area contributed by atoms with E-state index in [2.05, 4.69) is 39.7 Å². The number of benzene rings is 3. The topological polar surface area (TPSA) is 51.5 Å². The molecule has 5 rings (SSSR count). The quantitative estimate of drug-likeness (QED) is 0.166. The molecule has 2 amide bonds. The van der Waals surface area contributed by atoms with Crippen LogP contribution in [0.15, 0.2) is 88.4 Å². The zero-order valence-corrected chi connectivity index (χ0v) is 22.2. The largest absolute Gasteiger partial charge is 0.494 e. The average Bonchev–Trinajstić information content (AvgIpc) is 3.36. The Hall–Kier alpha value is -3.29. The molecular formula is C29H25BrN2O3S. The molecule has 5 nitrogen and oxygen atoms in total. The van der Waals surface area contributed by atoms with Crippen LogP contribution in [-0.4, -0.2) is 27.2 Å². The van der Waals surface area contributed by atoms with E-state index in [-0.39, 0.29) is 17.7 Å². The number of hydrogen-bond donors (Lipinski definition) is 0. The van der Waals surface area contributed by atoms with Gasteiger partial charge in [-0.05, 0) is 67.1 Å². The Bertz CT molecular complexity index is 1440. The van der Waals surface area contributed by atoms with Crippen molar-refractivity contribution in [2.24, 2.45) is 0 Å². The van der Waals surface area contributed by atoms with Gasteiger partial charge in [-0.2, -0.15) is 0 Å². The lowest BCUT2D eigenvalue weighted by Gasteiger charge is -2.12. The van der Waals surface area contributed by atoms with E-state index in [1.165, 1.54) is 10.5 Å². The van der Waals surface area contributed by atoms with Gasteiger partial charge >= 0.3 is 0 Å². The maximum atomic E-state index is 13.1. The van der Waals surface area contributed by atoms with Crippen LogP contribution in [0.3, 0.4) is 0 Å². The van der Waals surface area contributed by atoms with Gasteiger partial charge in [0.15, 0.2) is 0 Å². The Morgan fingerprint density at radius 3 is 2.50 bits per heavy atom. The van der Waals surface area contributed by atoms with E-state index in [4.69, 9.17) is 4.74 Å². The molecule has 0 radical (unpaired) electrons. The molecule has 2 heterocycles. The van der Waals surface area contributed by atoms with Gasteiger partial charge in [0, 0.05) is 33.7 Å². The number of halogens is 1. The zero-order valence-electron chi connectivity index (χ0n) is 19.8. The molecule has 0 bridgehead atoms. The second-order valence-electron chi connectivity index (χ2n) is 8.70. The summed E-state index contributed by atoms with van der Waals surface area (Å²) >= 11 is 4.41. The van der Waals surface area contributed by atoms with Crippen molar-refractivity contribution in [3.63, 3.8) is 0 Å². The highest BCUT2D eigenvalue weighted by atomic mass is 79.9. The Labute approximate surface area is 222 Å². The molecule has 7 heteroatoms. The molecule has 0 atom stereocenters. The SMILES string of the molecule is Cc1ccc(OCCCn2cc(/C=C3\SC(=O)N(Cc4ccc(Br)cc4)C3=O)c3ccccc32)cc1. The van der Waals surface area contributed by atoms with Crippen LogP contribution in [-0.2, 0) is 17.9 Å². The minimum absolute atomic E-state index is 0.244. The minimum Gasteiger partial charge on any atom is -0.494 e. The first kappa shape index (κ1) is 24.4. The average molecular weight is 562 g/mol. The number of aryl methyl sites for hydroxylation is 2. The van der Waals surface area contributed by atoms with Gasteiger partial charge in [-0.1, -0.05) is 64.0 Å². The van der Waals surface area contributed by atoms with Crippen LogP contribution < -0.4 is 4.74 Å². The summed E-state index contributed by atoms with van der Waals surface area (Å²) in [6, 6.07) is 23.8. The molecule has 0 spiro atoms. The Balaban J connectivity index is 1.30. The second-order valence-corrected chi connectivity index (χ2v) is 10.6. The molecule has 0 unspecified atom stereocenters. The van der Waals surface area contributed by atoms with Gasteiger partial charge in [-0.25, -0.2) is 0 Å². The van der Waals surface area contributed by atoms with Crippen molar-refractivity contribution in [2.75, 3.05) is 6.61 Å². The summed E-state index contributed by atoms with van der Waals surface area (Å²) in [6.45, 7) is 3.71. The lowest BCUT2D eigenvalue weighted by molar-refractivity contribution is -0.123. The van der Waals surface area contributed by atoms with Crippen LogP contribution in [0.5, 0.6) is 5.75 Å². The molecule has 4 aromatic rings. The summed E-state index contributed by atoms with van der Waals surface area (Å²) in [6.07, 6.45) is 4.74. The van der Waals surface area contributed by atoms with Crippen molar-refractivity contribution in [3.05, 3.63) is 105 Å². The van der Waals surface area contributed by atoms with E-state index in [1.807, 2.05) is 72.8 Å². The highest BCUT2D eigenvalue weighted by Gasteiger charge is 2.35. The number of thioether (sulfide) groups is 1. The molecule has 1 aliphatic heterocycles. The molecular weight excluding hydrogens is 536 g/mol. The van der Waals surface area contributed by atoms with Crippen LogP contribution in [0.4, 0.5) is 4.79 Å². The van der Waals surface area contributed by atoms with E-state index >= 15 is 0 Å². The highest BCUT2D eigenvalue weighted by molar-refractivity contribution is 9.10. The summed E-state index contributed by atoms with van der Waals surface area (Å²) in [4.78, 5) is 27.5. The van der Waals surface area contributed by atoms with Gasteiger partial charge in [-0.3, -0.25) is 14.5 Å². The summed E-state index contributed by atoms with van der Waals surface area (Å²) in [5.41, 5.74) is 4.14. The standard InChI is InChI=1S/C29H25BrN2O3S/c1-20-7-13-24(14-8-20)35-16-4-15-31-19-22(25-5-2-3-6-26(25)31)17-27-28(33)32(29(34)36-27)18-21-9-11-23(30)12-10-21/h2-3,5-14,17,19H,4,15-16,18H2,1H3/b27-17-. The maximum absolute atomic E-state index is 13.1. The number of ether oxygens (including phenoxy) is 1. The summed E-state index contributed by atoms with van der Waals surface area (Å²) in [7, 11) is 0. The van der Waals surface area contributed by atoms with Crippen LogP contribution in [0, 0.1) is 6.92 Å². The monoisotopic (exact) mass is 560 g/mol. The molecule has 182 valence electrons. The van der Waals surface area contributed by atoms with E-state index in [0.29, 0.717) is 11.5 Å². The minimum atomic E-state index is -0.253. The van der Waals surface area contributed by atoms with Crippen LogP contribution in [0.25, 0.3) is 17.0 Å². The van der Waals surface area contributed by atoms with Crippen LogP contribution in [0.1, 0.15) is 23.1 Å². The number of carbonyl (C=O) groups excluding carboxylic acids is 2. The van der Waals surface area contributed by atoms with Gasteiger partial charge in [0.1, 0.15) is 5.75 Å². The predicted octanol–water partition coefficient (Wildman–Crippen LogP) is 7.42. The number of amides is 2. The number of imide groups is 1. The van der Waals surface area contributed by atoms with Crippen molar-refractivity contribution < 1.29 is 14.3 Å². The number of fused-ring (bicyclic) bond motifs is 1. The van der Waals surface area contributed by atoms with E-state index < -0.39 is 0 Å². The highest BCUT2D eigenvalue weighted by Crippen LogP contribution is 2.35. The smallest absolute Gasteiger partial charge is 0.293 e. The lowest BCUT2D eigenvalue weighted by atomic mass is 10.1. The number of hydrogen-bond acceptors (Lipinski definition) is 4. The third-order valence-electron chi connectivity index (χ3n) is 6.07. The summed E-state index contributed by atoms with van der Waals surface area (Å²) in [5.74, 6) is 0.619. The van der Waals surface area contributed by atoms with Crippen molar-refractivity contribution in [1.82, 2.24) is 9.47 Å². The van der Waals surface area contributed by atoms with Crippen molar-refractivity contribution in [3.8, 4) is 5.75 Å². The Kier molecular flexibility index (Phi) is 7.30. The predicted molar refractivity (Wildman–Crippen MR) is 149 cm³/mol. The third kappa shape index (κ3) is 5.42. The van der Waals surface area contributed by atoms with Crippen molar-refractivity contribution in [1.29, 1.82) is 0 Å². The molecule has 36 heavy (non-hydrogen) atoms. The first-order valence-corrected chi connectivity index (χ1v) is 13.4. The normalized spacial score (nSPS) is 14.8. The molecule has 3 aromatic carbocycles. The Morgan fingerprint density at radius 1 is 0.972 bits per heavy atom. The van der Waals surface area contributed by atoms with Crippen molar-refractivity contribution in [2.45, 2.75) is 26.4 Å². The number of rotatable bonds is 8. The van der Waals surface area contributed by atoms with Crippen LogP contribution >= 0.6 is 27.7 Å². The first-order chi connectivity index (χ1) is 17.5. The molecule has 0 saturated carbocycles. The van der Waals surface area contributed by atoms with E-state index in [1.54, 1.807) is 0 Å².